The lowest BCUT2D eigenvalue weighted by molar-refractivity contribution is -0.0469. The summed E-state index contributed by atoms with van der Waals surface area (Å²) < 4.78 is 50.3. The second-order valence-electron chi connectivity index (χ2n) is 3.42. The molecule has 0 bridgehead atoms. The lowest BCUT2D eigenvalue weighted by Gasteiger charge is -2.13. The van der Waals surface area contributed by atoms with E-state index < -0.39 is 34.5 Å². The van der Waals surface area contributed by atoms with Crippen LogP contribution in [0.25, 0.3) is 0 Å². The summed E-state index contributed by atoms with van der Waals surface area (Å²) in [6.45, 7) is 0.417. The number of benzene rings is 1. The number of oxime groups is 1. The summed E-state index contributed by atoms with van der Waals surface area (Å²) in [5.41, 5.74) is -0.921. The van der Waals surface area contributed by atoms with Gasteiger partial charge in [-0.05, 0) is 6.07 Å². The summed E-state index contributed by atoms with van der Waals surface area (Å²) in [5.74, 6) is -4.70. The van der Waals surface area contributed by atoms with E-state index in [0.29, 0.717) is 0 Å². The van der Waals surface area contributed by atoms with Gasteiger partial charge in [-0.1, -0.05) is 16.8 Å². The van der Waals surface area contributed by atoms with Gasteiger partial charge in [0.2, 0.25) is 0 Å². The van der Waals surface area contributed by atoms with Crippen LogP contribution in [0.2, 0.25) is 0 Å². The largest absolute Gasteiger partial charge is 0.410 e. The van der Waals surface area contributed by atoms with Crippen molar-refractivity contribution < 1.29 is 27.9 Å². The zero-order chi connectivity index (χ0) is 13.3. The molecule has 98 valence electrons. The van der Waals surface area contributed by atoms with Crippen molar-refractivity contribution in [3.8, 4) is 0 Å². The monoisotopic (exact) mass is 281 g/mol. The third-order valence-corrected chi connectivity index (χ3v) is 2.64. The molecule has 1 aromatic carbocycles. The number of hydrogen-bond donors (Lipinski definition) is 1. The van der Waals surface area contributed by atoms with Crippen molar-refractivity contribution in [1.82, 2.24) is 0 Å². The lowest BCUT2D eigenvalue weighted by atomic mass is 10.1. The van der Waals surface area contributed by atoms with E-state index in [4.69, 9.17) is 26.3 Å². The van der Waals surface area contributed by atoms with Crippen molar-refractivity contribution in [2.24, 2.45) is 5.16 Å². The van der Waals surface area contributed by atoms with Crippen LogP contribution in [-0.4, -0.2) is 23.6 Å². The van der Waals surface area contributed by atoms with Crippen LogP contribution >= 0.6 is 11.6 Å². The number of ether oxygens (including phenoxy) is 2. The summed E-state index contributed by atoms with van der Waals surface area (Å²) in [5, 5.41) is 10.3. The normalized spacial score (nSPS) is 17.4. The first-order valence-electron chi connectivity index (χ1n) is 4.84. The third kappa shape index (κ3) is 2.16. The standard InChI is InChI=1S/C10H7ClF3NO3/c11-9(15-16)4-3-5(10-17-1-2-18-10)7(13)8(14)6(4)12/h3,10,16H,1-2H2/b15-9-. The number of halogens is 4. The van der Waals surface area contributed by atoms with Crippen molar-refractivity contribution in [3.63, 3.8) is 0 Å². The maximum absolute atomic E-state index is 13.5. The molecular formula is C10H7ClF3NO3. The zero-order valence-electron chi connectivity index (χ0n) is 8.79. The van der Waals surface area contributed by atoms with Gasteiger partial charge in [-0.2, -0.15) is 0 Å². The Morgan fingerprint density at radius 2 is 1.83 bits per heavy atom. The number of nitrogens with zero attached hydrogens (tertiary/aromatic N) is 1. The maximum atomic E-state index is 13.5. The average molecular weight is 282 g/mol. The SMILES string of the molecule is O/N=C(\Cl)c1cc(C2OCCO2)c(F)c(F)c1F. The summed E-state index contributed by atoms with van der Waals surface area (Å²) in [7, 11) is 0. The Kier molecular flexibility index (Phi) is 3.74. The van der Waals surface area contributed by atoms with Crippen LogP contribution in [0, 0.1) is 17.5 Å². The quantitative estimate of drug-likeness (QED) is 0.392. The molecule has 0 atom stereocenters. The minimum atomic E-state index is -1.73. The lowest BCUT2D eigenvalue weighted by Crippen LogP contribution is -2.10. The van der Waals surface area contributed by atoms with Gasteiger partial charge in [0.25, 0.3) is 0 Å². The summed E-state index contributed by atoms with van der Waals surface area (Å²) >= 11 is 5.39. The zero-order valence-corrected chi connectivity index (χ0v) is 9.55. The van der Waals surface area contributed by atoms with E-state index in [1.165, 1.54) is 0 Å². The van der Waals surface area contributed by atoms with Crippen molar-refractivity contribution in [3.05, 3.63) is 34.6 Å². The molecule has 1 saturated heterocycles. The molecule has 4 nitrogen and oxygen atoms in total. The van der Waals surface area contributed by atoms with Crippen molar-refractivity contribution in [2.75, 3.05) is 13.2 Å². The molecule has 1 N–H and O–H groups in total. The van der Waals surface area contributed by atoms with E-state index >= 15 is 0 Å². The van der Waals surface area contributed by atoms with E-state index in [1.807, 2.05) is 0 Å². The molecule has 1 aliphatic heterocycles. The van der Waals surface area contributed by atoms with Crippen LogP contribution in [0.4, 0.5) is 13.2 Å². The highest BCUT2D eigenvalue weighted by Crippen LogP contribution is 2.30. The summed E-state index contributed by atoms with van der Waals surface area (Å²) in [6, 6.07) is 0.881. The highest BCUT2D eigenvalue weighted by Gasteiger charge is 2.28. The van der Waals surface area contributed by atoms with Gasteiger partial charge in [0.15, 0.2) is 28.9 Å². The molecular weight excluding hydrogens is 275 g/mol. The molecule has 0 spiro atoms. The van der Waals surface area contributed by atoms with Gasteiger partial charge < -0.3 is 14.7 Å². The topological polar surface area (TPSA) is 51.1 Å². The first kappa shape index (κ1) is 13.1. The molecule has 0 aliphatic carbocycles. The van der Waals surface area contributed by atoms with Crippen LogP contribution in [-0.2, 0) is 9.47 Å². The number of hydrogen-bond acceptors (Lipinski definition) is 4. The average Bonchev–Trinajstić information content (AvgIpc) is 2.89. The van der Waals surface area contributed by atoms with E-state index in [1.54, 1.807) is 0 Å². The molecule has 0 radical (unpaired) electrons. The molecule has 0 aromatic heterocycles. The van der Waals surface area contributed by atoms with Gasteiger partial charge in [-0.15, -0.1) is 0 Å². The van der Waals surface area contributed by atoms with Crippen molar-refractivity contribution in [2.45, 2.75) is 6.29 Å². The predicted octanol–water partition coefficient (Wildman–Crippen LogP) is 2.52. The highest BCUT2D eigenvalue weighted by molar-refractivity contribution is 6.69. The minimum absolute atomic E-state index is 0.209. The fourth-order valence-corrected chi connectivity index (χ4v) is 1.67. The molecule has 0 unspecified atom stereocenters. The maximum Gasteiger partial charge on any atom is 0.195 e. The van der Waals surface area contributed by atoms with Gasteiger partial charge in [0, 0.05) is 5.56 Å². The van der Waals surface area contributed by atoms with Gasteiger partial charge in [0.05, 0.1) is 18.8 Å². The van der Waals surface area contributed by atoms with Crippen molar-refractivity contribution >= 4 is 16.8 Å². The summed E-state index contributed by atoms with van der Waals surface area (Å²) in [4.78, 5) is 0. The highest BCUT2D eigenvalue weighted by atomic mass is 35.5. The molecule has 2 rings (SSSR count). The van der Waals surface area contributed by atoms with Crippen LogP contribution in [0.15, 0.2) is 11.2 Å². The molecule has 1 aliphatic rings. The Balaban J connectivity index is 2.56. The molecule has 1 aromatic rings. The Hall–Kier alpha value is -1.31. The molecule has 1 heterocycles. The Labute approximate surface area is 105 Å². The first-order chi connectivity index (χ1) is 8.56. The van der Waals surface area contributed by atoms with Gasteiger partial charge in [0.1, 0.15) is 0 Å². The molecule has 1 fully saturated rings. The number of rotatable bonds is 2. The van der Waals surface area contributed by atoms with E-state index in [0.717, 1.165) is 6.07 Å². The van der Waals surface area contributed by atoms with Gasteiger partial charge >= 0.3 is 0 Å². The summed E-state index contributed by atoms with van der Waals surface area (Å²) in [6.07, 6.45) is -1.14. The minimum Gasteiger partial charge on any atom is -0.410 e. The van der Waals surface area contributed by atoms with Gasteiger partial charge in [-0.3, -0.25) is 0 Å². The van der Waals surface area contributed by atoms with Crippen LogP contribution in [0.5, 0.6) is 0 Å². The van der Waals surface area contributed by atoms with Crippen LogP contribution in [0.3, 0.4) is 0 Å². The fraction of sp³-hybridized carbons (Fsp3) is 0.300. The van der Waals surface area contributed by atoms with Gasteiger partial charge in [-0.25, -0.2) is 13.2 Å². The first-order valence-corrected chi connectivity index (χ1v) is 5.22. The van der Waals surface area contributed by atoms with Crippen molar-refractivity contribution in [1.29, 1.82) is 0 Å². The van der Waals surface area contributed by atoms with E-state index in [-0.39, 0.29) is 18.8 Å². The Morgan fingerprint density at radius 1 is 1.22 bits per heavy atom. The Morgan fingerprint density at radius 3 is 2.39 bits per heavy atom. The molecule has 8 heteroatoms. The Bertz CT molecular complexity index is 504. The van der Waals surface area contributed by atoms with Crippen LogP contribution in [0.1, 0.15) is 17.4 Å². The predicted molar refractivity (Wildman–Crippen MR) is 55.1 cm³/mol. The second kappa shape index (κ2) is 5.13. The smallest absolute Gasteiger partial charge is 0.195 e. The molecule has 0 amide bonds. The van der Waals surface area contributed by atoms with E-state index in [9.17, 15) is 13.2 Å². The fourth-order valence-electron chi connectivity index (χ4n) is 1.54. The third-order valence-electron chi connectivity index (χ3n) is 2.36. The molecule has 18 heavy (non-hydrogen) atoms. The van der Waals surface area contributed by atoms with Crippen LogP contribution < -0.4 is 0 Å². The molecule has 0 saturated carbocycles. The van der Waals surface area contributed by atoms with E-state index in [2.05, 4.69) is 5.16 Å². The second-order valence-corrected chi connectivity index (χ2v) is 3.78.